The molecule has 0 aliphatic carbocycles. The fourth-order valence-electron chi connectivity index (χ4n) is 2.81. The minimum atomic E-state index is -0.475. The van der Waals surface area contributed by atoms with Gasteiger partial charge in [0, 0.05) is 12.1 Å². The Labute approximate surface area is 142 Å². The summed E-state index contributed by atoms with van der Waals surface area (Å²) in [6.45, 7) is 6.27. The predicted molar refractivity (Wildman–Crippen MR) is 93.1 cm³/mol. The van der Waals surface area contributed by atoms with Crippen molar-refractivity contribution in [1.29, 1.82) is 0 Å². The van der Waals surface area contributed by atoms with Crippen LogP contribution >= 0.6 is 0 Å². The van der Waals surface area contributed by atoms with Gasteiger partial charge < -0.3 is 10.6 Å². The molecule has 130 valence electrons. The lowest BCUT2D eigenvalue weighted by molar-refractivity contribution is -0.118. The first kappa shape index (κ1) is 18.0. The summed E-state index contributed by atoms with van der Waals surface area (Å²) < 4.78 is 0. The second kappa shape index (κ2) is 7.95. The number of rotatable bonds is 7. The van der Waals surface area contributed by atoms with Crippen LogP contribution in [0.25, 0.3) is 0 Å². The summed E-state index contributed by atoms with van der Waals surface area (Å²) >= 11 is 0. The van der Waals surface area contributed by atoms with Crippen LogP contribution in [0.5, 0.6) is 0 Å². The molecule has 0 spiro atoms. The number of benzene rings is 1. The molecule has 24 heavy (non-hydrogen) atoms. The first-order chi connectivity index (χ1) is 11.5. The second-order valence-electron chi connectivity index (χ2n) is 6.03. The fraction of sp³-hybridized carbons (Fsp3) is 0.500. The van der Waals surface area contributed by atoms with E-state index in [4.69, 9.17) is 0 Å². The molecule has 2 rings (SSSR count). The number of carbonyl (C=O) groups excluding carboxylic acids is 3. The van der Waals surface area contributed by atoms with Gasteiger partial charge in [-0.25, -0.2) is 9.69 Å². The van der Waals surface area contributed by atoms with Crippen LogP contribution in [0.1, 0.15) is 55.5 Å². The molecule has 0 aromatic heterocycles. The van der Waals surface area contributed by atoms with E-state index in [2.05, 4.69) is 17.6 Å². The Bertz CT molecular complexity index is 642. The third-order valence-corrected chi connectivity index (χ3v) is 4.17. The van der Waals surface area contributed by atoms with Crippen molar-refractivity contribution in [3.05, 3.63) is 29.3 Å². The van der Waals surface area contributed by atoms with Crippen molar-refractivity contribution >= 4 is 23.5 Å². The van der Waals surface area contributed by atoms with Gasteiger partial charge in [-0.15, -0.1) is 0 Å². The molecule has 6 heteroatoms. The van der Waals surface area contributed by atoms with Crippen molar-refractivity contribution < 1.29 is 14.4 Å². The molecule has 0 radical (unpaired) electrons. The van der Waals surface area contributed by atoms with E-state index in [1.54, 1.807) is 18.2 Å². The number of amides is 4. The quantitative estimate of drug-likeness (QED) is 0.596. The Morgan fingerprint density at radius 2 is 2.00 bits per heavy atom. The number of urea groups is 1. The van der Waals surface area contributed by atoms with Crippen molar-refractivity contribution in [3.8, 4) is 0 Å². The van der Waals surface area contributed by atoms with Crippen LogP contribution in [0.15, 0.2) is 18.2 Å². The number of imide groups is 1. The van der Waals surface area contributed by atoms with Crippen LogP contribution in [0, 0.1) is 6.92 Å². The maximum Gasteiger partial charge on any atom is 0.329 e. The summed E-state index contributed by atoms with van der Waals surface area (Å²) in [7, 11) is 0. The van der Waals surface area contributed by atoms with Gasteiger partial charge in [-0.1, -0.05) is 32.3 Å². The first-order valence-electron chi connectivity index (χ1n) is 8.52. The van der Waals surface area contributed by atoms with E-state index in [1.165, 1.54) is 0 Å². The molecule has 1 aromatic carbocycles. The molecule has 1 fully saturated rings. The van der Waals surface area contributed by atoms with E-state index < -0.39 is 12.1 Å². The van der Waals surface area contributed by atoms with Gasteiger partial charge in [-0.3, -0.25) is 9.59 Å². The van der Waals surface area contributed by atoms with Crippen molar-refractivity contribution in [1.82, 2.24) is 10.6 Å². The Hall–Kier alpha value is -2.37. The number of unbranched alkanes of at least 4 members (excludes halogenated alkanes) is 2. The van der Waals surface area contributed by atoms with Crippen LogP contribution in [0.4, 0.5) is 10.5 Å². The number of hydrogen-bond acceptors (Lipinski definition) is 3. The summed E-state index contributed by atoms with van der Waals surface area (Å²) in [4.78, 5) is 38.1. The Balaban J connectivity index is 2.23. The third kappa shape index (κ3) is 3.75. The number of hydrogen-bond donors (Lipinski definition) is 2. The Morgan fingerprint density at radius 1 is 1.25 bits per heavy atom. The molecule has 0 saturated carbocycles. The van der Waals surface area contributed by atoms with Crippen molar-refractivity contribution in [2.24, 2.45) is 0 Å². The lowest BCUT2D eigenvalue weighted by Crippen LogP contribution is -2.32. The minimum absolute atomic E-state index is 0.217. The first-order valence-corrected chi connectivity index (χ1v) is 8.52. The zero-order valence-corrected chi connectivity index (χ0v) is 14.5. The van der Waals surface area contributed by atoms with Crippen LogP contribution in [0.3, 0.4) is 0 Å². The average Bonchev–Trinajstić information content (AvgIpc) is 2.83. The highest BCUT2D eigenvalue weighted by Gasteiger charge is 2.39. The zero-order chi connectivity index (χ0) is 17.7. The molecular formula is C18H25N3O3. The summed E-state index contributed by atoms with van der Waals surface area (Å²) in [6, 6.07) is 4.16. The highest BCUT2D eigenvalue weighted by molar-refractivity contribution is 6.22. The zero-order valence-electron chi connectivity index (χ0n) is 14.5. The van der Waals surface area contributed by atoms with Crippen molar-refractivity contribution in [2.45, 2.75) is 52.5 Å². The topological polar surface area (TPSA) is 78.5 Å². The van der Waals surface area contributed by atoms with Gasteiger partial charge in [0.15, 0.2) is 0 Å². The smallest absolute Gasteiger partial charge is 0.329 e. The average molecular weight is 331 g/mol. The lowest BCUT2D eigenvalue weighted by Gasteiger charge is -2.17. The number of anilines is 1. The normalized spacial score (nSPS) is 17.1. The maximum absolute atomic E-state index is 12.6. The standard InChI is InChI=1S/C18H25N3O3/c1-4-6-7-8-14-17(23)21(18(24)20-14)15-11-13(10-9-12(15)3)16(22)19-5-2/h9-11,14H,4-8H2,1-3H3,(H,19,22)(H,20,24)/t14-/m1/s1. The van der Waals surface area contributed by atoms with E-state index in [0.29, 0.717) is 24.2 Å². The van der Waals surface area contributed by atoms with Gasteiger partial charge in [0.05, 0.1) is 5.69 Å². The van der Waals surface area contributed by atoms with Gasteiger partial charge >= 0.3 is 6.03 Å². The summed E-state index contributed by atoms with van der Waals surface area (Å²) in [5.41, 5.74) is 1.69. The highest BCUT2D eigenvalue weighted by atomic mass is 16.2. The highest BCUT2D eigenvalue weighted by Crippen LogP contribution is 2.26. The maximum atomic E-state index is 12.6. The van der Waals surface area contributed by atoms with Crippen LogP contribution in [0.2, 0.25) is 0 Å². The second-order valence-corrected chi connectivity index (χ2v) is 6.03. The van der Waals surface area contributed by atoms with Crippen molar-refractivity contribution in [2.75, 3.05) is 11.4 Å². The molecule has 1 aromatic rings. The van der Waals surface area contributed by atoms with Gasteiger partial charge in [0.1, 0.15) is 6.04 Å². The molecule has 0 bridgehead atoms. The van der Waals surface area contributed by atoms with Gasteiger partial charge in [-0.2, -0.15) is 0 Å². The molecule has 0 unspecified atom stereocenters. The summed E-state index contributed by atoms with van der Waals surface area (Å²) in [6.07, 6.45) is 3.64. The van der Waals surface area contributed by atoms with E-state index in [0.717, 1.165) is 29.7 Å². The monoisotopic (exact) mass is 331 g/mol. The van der Waals surface area contributed by atoms with Crippen LogP contribution in [-0.2, 0) is 4.79 Å². The predicted octanol–water partition coefficient (Wildman–Crippen LogP) is 2.75. The van der Waals surface area contributed by atoms with Crippen LogP contribution in [-0.4, -0.2) is 30.4 Å². The molecule has 2 N–H and O–H groups in total. The van der Waals surface area contributed by atoms with E-state index in [1.807, 2.05) is 13.8 Å². The third-order valence-electron chi connectivity index (χ3n) is 4.17. The van der Waals surface area contributed by atoms with E-state index >= 15 is 0 Å². The Kier molecular flexibility index (Phi) is 5.95. The minimum Gasteiger partial charge on any atom is -0.352 e. The fourth-order valence-corrected chi connectivity index (χ4v) is 2.81. The van der Waals surface area contributed by atoms with Gasteiger partial charge in [-0.05, 0) is 38.0 Å². The lowest BCUT2D eigenvalue weighted by atomic mass is 10.1. The Morgan fingerprint density at radius 3 is 2.67 bits per heavy atom. The number of nitrogens with one attached hydrogen (secondary N) is 2. The number of carbonyl (C=O) groups is 3. The molecule has 1 atom stereocenters. The van der Waals surface area contributed by atoms with E-state index in [-0.39, 0.29) is 11.8 Å². The largest absolute Gasteiger partial charge is 0.352 e. The molecule has 1 aliphatic heterocycles. The van der Waals surface area contributed by atoms with Crippen molar-refractivity contribution in [3.63, 3.8) is 0 Å². The van der Waals surface area contributed by atoms with Gasteiger partial charge in [0.25, 0.3) is 11.8 Å². The number of nitrogens with zero attached hydrogens (tertiary/aromatic N) is 1. The molecule has 1 heterocycles. The molecule has 4 amide bonds. The van der Waals surface area contributed by atoms with Gasteiger partial charge in [0.2, 0.25) is 0 Å². The summed E-state index contributed by atoms with van der Waals surface area (Å²) in [5, 5.41) is 5.47. The van der Waals surface area contributed by atoms with E-state index in [9.17, 15) is 14.4 Å². The molecule has 1 saturated heterocycles. The number of aryl methyl sites for hydroxylation is 1. The van der Waals surface area contributed by atoms with Crippen LogP contribution < -0.4 is 15.5 Å². The SMILES string of the molecule is CCCCC[C@H]1NC(=O)N(c2cc(C(=O)NCC)ccc2C)C1=O. The molecule has 1 aliphatic rings. The molecular weight excluding hydrogens is 306 g/mol. The molecule has 6 nitrogen and oxygen atoms in total. The summed E-state index contributed by atoms with van der Waals surface area (Å²) in [5.74, 6) is -0.461.